The summed E-state index contributed by atoms with van der Waals surface area (Å²) < 4.78 is 26.5. The van der Waals surface area contributed by atoms with Crippen LogP contribution in [-0.2, 0) is 10.0 Å². The quantitative estimate of drug-likeness (QED) is 0.876. The van der Waals surface area contributed by atoms with E-state index in [9.17, 15) is 8.42 Å². The Hall–Kier alpha value is -0.980. The maximum atomic E-state index is 11.9. The van der Waals surface area contributed by atoms with E-state index >= 15 is 0 Å². The van der Waals surface area contributed by atoms with Gasteiger partial charge >= 0.3 is 0 Å². The zero-order valence-corrected chi connectivity index (χ0v) is 13.1. The van der Waals surface area contributed by atoms with E-state index in [2.05, 4.69) is 6.07 Å². The minimum absolute atomic E-state index is 0.193. The number of thiazole rings is 1. The van der Waals surface area contributed by atoms with Gasteiger partial charge < -0.3 is 0 Å². The number of sulfonamides is 1. The van der Waals surface area contributed by atoms with Gasteiger partial charge in [0.05, 0.1) is 21.0 Å². The fourth-order valence-electron chi connectivity index (χ4n) is 2.63. The van der Waals surface area contributed by atoms with Crippen LogP contribution in [0.25, 0.3) is 10.2 Å². The molecule has 0 unspecified atom stereocenters. The standard InChI is InChI=1S/C14H18N2O2S2/c1-2-20(17,18)16-9-7-11(8-10-16)14-15-12-5-3-4-6-13(12)19-14/h3-6,11H,2,7-10H2,1H3. The summed E-state index contributed by atoms with van der Waals surface area (Å²) in [6, 6.07) is 8.15. The lowest BCUT2D eigenvalue weighted by molar-refractivity contribution is 0.319. The first-order valence-electron chi connectivity index (χ1n) is 6.93. The van der Waals surface area contributed by atoms with Gasteiger partial charge in [0.2, 0.25) is 10.0 Å². The highest BCUT2D eigenvalue weighted by Crippen LogP contribution is 2.34. The van der Waals surface area contributed by atoms with Crippen LogP contribution in [0.1, 0.15) is 30.7 Å². The van der Waals surface area contributed by atoms with Gasteiger partial charge in [-0.1, -0.05) is 12.1 Å². The molecule has 2 heterocycles. The first-order chi connectivity index (χ1) is 9.60. The molecule has 1 fully saturated rings. The molecule has 0 spiro atoms. The maximum absolute atomic E-state index is 11.9. The highest BCUT2D eigenvalue weighted by Gasteiger charge is 2.28. The van der Waals surface area contributed by atoms with Crippen LogP contribution in [0.5, 0.6) is 0 Å². The van der Waals surface area contributed by atoms with Crippen molar-refractivity contribution in [1.82, 2.24) is 9.29 Å². The second-order valence-electron chi connectivity index (χ2n) is 5.09. The van der Waals surface area contributed by atoms with Gasteiger partial charge in [-0.25, -0.2) is 17.7 Å². The predicted molar refractivity (Wildman–Crippen MR) is 82.6 cm³/mol. The fraction of sp³-hybridized carbons (Fsp3) is 0.500. The van der Waals surface area contributed by atoms with Crippen molar-refractivity contribution < 1.29 is 8.42 Å². The van der Waals surface area contributed by atoms with E-state index in [1.165, 1.54) is 4.70 Å². The molecule has 0 atom stereocenters. The van der Waals surface area contributed by atoms with Crippen LogP contribution < -0.4 is 0 Å². The van der Waals surface area contributed by atoms with Crippen LogP contribution in [0.4, 0.5) is 0 Å². The molecule has 0 N–H and O–H groups in total. The summed E-state index contributed by atoms with van der Waals surface area (Å²) >= 11 is 1.74. The Balaban J connectivity index is 1.75. The van der Waals surface area contributed by atoms with Gasteiger partial charge in [-0.15, -0.1) is 11.3 Å². The highest BCUT2D eigenvalue weighted by molar-refractivity contribution is 7.89. The molecular weight excluding hydrogens is 292 g/mol. The third kappa shape index (κ3) is 2.60. The highest BCUT2D eigenvalue weighted by atomic mass is 32.2. The van der Waals surface area contributed by atoms with Gasteiger partial charge in [0.25, 0.3) is 0 Å². The van der Waals surface area contributed by atoms with Crippen LogP contribution in [0.3, 0.4) is 0 Å². The second-order valence-corrected chi connectivity index (χ2v) is 8.41. The normalized spacial score (nSPS) is 18.6. The van der Waals surface area contributed by atoms with Gasteiger partial charge in [-0.3, -0.25) is 0 Å². The first-order valence-corrected chi connectivity index (χ1v) is 9.36. The Bertz CT molecular complexity index is 668. The van der Waals surface area contributed by atoms with Crippen LogP contribution >= 0.6 is 11.3 Å². The monoisotopic (exact) mass is 310 g/mol. The molecule has 1 aromatic heterocycles. The SMILES string of the molecule is CCS(=O)(=O)N1CCC(c2nc3ccccc3s2)CC1. The van der Waals surface area contributed by atoms with E-state index in [1.807, 2.05) is 18.2 Å². The number of aromatic nitrogens is 1. The molecule has 0 aliphatic carbocycles. The van der Waals surface area contributed by atoms with Gasteiger partial charge in [0.15, 0.2) is 0 Å². The molecule has 0 radical (unpaired) electrons. The second kappa shape index (κ2) is 5.42. The molecule has 108 valence electrons. The number of hydrogen-bond acceptors (Lipinski definition) is 4. The van der Waals surface area contributed by atoms with E-state index in [0.717, 1.165) is 23.4 Å². The third-order valence-corrected chi connectivity index (χ3v) is 6.95. The number of rotatable bonds is 3. The average Bonchev–Trinajstić information content (AvgIpc) is 2.91. The molecule has 1 aliphatic rings. The summed E-state index contributed by atoms with van der Waals surface area (Å²) in [6.07, 6.45) is 1.75. The van der Waals surface area contributed by atoms with Crippen molar-refractivity contribution in [2.24, 2.45) is 0 Å². The van der Waals surface area contributed by atoms with Crippen molar-refractivity contribution in [2.45, 2.75) is 25.7 Å². The fourth-order valence-corrected chi connectivity index (χ4v) is 4.90. The molecule has 0 amide bonds. The molecular formula is C14H18N2O2S2. The number of hydrogen-bond donors (Lipinski definition) is 0. The van der Waals surface area contributed by atoms with Crippen LogP contribution in [0, 0.1) is 0 Å². The maximum Gasteiger partial charge on any atom is 0.213 e. The smallest absolute Gasteiger partial charge is 0.213 e. The molecule has 1 aliphatic heterocycles. The summed E-state index contributed by atoms with van der Waals surface area (Å²) in [5.41, 5.74) is 1.05. The van der Waals surface area contributed by atoms with Gasteiger partial charge in [0.1, 0.15) is 0 Å². The molecule has 0 saturated carbocycles. The van der Waals surface area contributed by atoms with Gasteiger partial charge in [-0.2, -0.15) is 0 Å². The molecule has 0 bridgehead atoms. The van der Waals surface area contributed by atoms with Gasteiger partial charge in [0, 0.05) is 19.0 Å². The minimum atomic E-state index is -3.04. The number of piperidine rings is 1. The zero-order valence-electron chi connectivity index (χ0n) is 11.4. The van der Waals surface area contributed by atoms with Crippen molar-refractivity contribution in [1.29, 1.82) is 0 Å². The Kier molecular flexibility index (Phi) is 3.79. The molecule has 4 nitrogen and oxygen atoms in total. The average molecular weight is 310 g/mol. The van der Waals surface area contributed by atoms with Crippen LogP contribution in [-0.4, -0.2) is 36.5 Å². The Morgan fingerprint density at radius 3 is 2.65 bits per heavy atom. The van der Waals surface area contributed by atoms with Gasteiger partial charge in [-0.05, 0) is 31.9 Å². The molecule has 20 heavy (non-hydrogen) atoms. The summed E-state index contributed by atoms with van der Waals surface area (Å²) in [5, 5.41) is 1.15. The topological polar surface area (TPSA) is 50.3 Å². The molecule has 2 aromatic rings. The number of fused-ring (bicyclic) bond motifs is 1. The first kappa shape index (κ1) is 14.0. The number of nitrogens with zero attached hydrogens (tertiary/aromatic N) is 2. The largest absolute Gasteiger partial charge is 0.241 e. The molecule has 3 rings (SSSR count). The zero-order chi connectivity index (χ0) is 14.2. The Labute approximate surface area is 123 Å². The van der Waals surface area contributed by atoms with E-state index in [4.69, 9.17) is 4.98 Å². The van der Waals surface area contributed by atoms with E-state index < -0.39 is 10.0 Å². The Morgan fingerprint density at radius 2 is 2.00 bits per heavy atom. The molecule has 1 aromatic carbocycles. The lowest BCUT2D eigenvalue weighted by atomic mass is 9.99. The lowest BCUT2D eigenvalue weighted by Crippen LogP contribution is -2.38. The van der Waals surface area contributed by atoms with E-state index in [1.54, 1.807) is 22.6 Å². The summed E-state index contributed by atoms with van der Waals surface area (Å²) in [7, 11) is -3.04. The lowest BCUT2D eigenvalue weighted by Gasteiger charge is -2.29. The van der Waals surface area contributed by atoms with Crippen molar-refractivity contribution in [3.63, 3.8) is 0 Å². The van der Waals surface area contributed by atoms with Crippen molar-refractivity contribution >= 4 is 31.6 Å². The van der Waals surface area contributed by atoms with Crippen LogP contribution in [0.2, 0.25) is 0 Å². The minimum Gasteiger partial charge on any atom is -0.241 e. The van der Waals surface area contributed by atoms with E-state index in [0.29, 0.717) is 19.0 Å². The Morgan fingerprint density at radius 1 is 1.30 bits per heavy atom. The summed E-state index contributed by atoms with van der Waals surface area (Å²) in [5.74, 6) is 0.592. The van der Waals surface area contributed by atoms with Crippen molar-refractivity contribution in [3.05, 3.63) is 29.3 Å². The summed E-state index contributed by atoms with van der Waals surface area (Å²) in [4.78, 5) is 4.69. The summed E-state index contributed by atoms with van der Waals surface area (Å²) in [6.45, 7) is 2.95. The molecule has 6 heteroatoms. The van der Waals surface area contributed by atoms with E-state index in [-0.39, 0.29) is 5.75 Å². The number of para-hydroxylation sites is 1. The number of benzene rings is 1. The van der Waals surface area contributed by atoms with Crippen LogP contribution in [0.15, 0.2) is 24.3 Å². The molecule has 1 saturated heterocycles. The predicted octanol–water partition coefficient (Wildman–Crippen LogP) is 2.83. The van der Waals surface area contributed by atoms with Crippen molar-refractivity contribution in [3.8, 4) is 0 Å². The van der Waals surface area contributed by atoms with Crippen molar-refractivity contribution in [2.75, 3.05) is 18.8 Å². The third-order valence-electron chi connectivity index (χ3n) is 3.87.